The van der Waals surface area contributed by atoms with Gasteiger partial charge in [-0.25, -0.2) is 9.48 Å². The summed E-state index contributed by atoms with van der Waals surface area (Å²) >= 11 is 0. The second kappa shape index (κ2) is 6.31. The van der Waals surface area contributed by atoms with Crippen molar-refractivity contribution in [3.05, 3.63) is 66.0 Å². The molecule has 116 valence electrons. The lowest BCUT2D eigenvalue weighted by atomic mass is 10.1. The van der Waals surface area contributed by atoms with Gasteiger partial charge in [-0.1, -0.05) is 12.1 Å². The lowest BCUT2D eigenvalue weighted by molar-refractivity contribution is -0.385. The minimum absolute atomic E-state index is 0.0278. The predicted molar refractivity (Wildman–Crippen MR) is 76.8 cm³/mol. The number of aromatic amines is 1. The third kappa shape index (κ3) is 3.26. The van der Waals surface area contributed by atoms with Crippen LogP contribution in [0.4, 0.5) is 5.69 Å². The highest BCUT2D eigenvalue weighted by atomic mass is 16.6. The van der Waals surface area contributed by atoms with Gasteiger partial charge in [-0.15, -0.1) is 0 Å². The Morgan fingerprint density at radius 1 is 1.41 bits per heavy atom. The van der Waals surface area contributed by atoms with E-state index in [0.29, 0.717) is 5.56 Å². The van der Waals surface area contributed by atoms with Gasteiger partial charge in [0.25, 0.3) is 11.2 Å². The second-order valence-corrected chi connectivity index (χ2v) is 4.72. The number of nitrogens with one attached hydrogen (secondary N) is 1. The first-order valence-corrected chi connectivity index (χ1v) is 6.47. The average molecular weight is 306 g/mol. The van der Waals surface area contributed by atoms with Gasteiger partial charge in [0.15, 0.2) is 0 Å². The summed E-state index contributed by atoms with van der Waals surface area (Å²) in [4.78, 5) is 35.9. The molecule has 0 radical (unpaired) electrons. The number of aliphatic hydroxyl groups is 1. The van der Waals surface area contributed by atoms with Crippen molar-refractivity contribution < 1.29 is 10.0 Å². The van der Waals surface area contributed by atoms with Crippen molar-refractivity contribution in [1.82, 2.24) is 14.8 Å². The molecule has 0 fully saturated rings. The zero-order valence-corrected chi connectivity index (χ0v) is 11.8. The smallest absolute Gasteiger partial charge is 0.344 e. The Morgan fingerprint density at radius 2 is 2.14 bits per heavy atom. The van der Waals surface area contributed by atoms with Gasteiger partial charge in [0.1, 0.15) is 5.69 Å². The molecule has 0 bridgehead atoms. The maximum Gasteiger partial charge on any atom is 0.344 e. The number of H-pyrrole nitrogens is 1. The molecule has 0 aliphatic rings. The maximum atomic E-state index is 11.8. The molecule has 2 N–H and O–H groups in total. The number of aryl methyl sites for hydroxylation is 1. The Morgan fingerprint density at radius 3 is 2.77 bits per heavy atom. The average Bonchev–Trinajstić information content (AvgIpc) is 2.45. The fourth-order valence-corrected chi connectivity index (χ4v) is 2.01. The van der Waals surface area contributed by atoms with E-state index in [1.165, 1.54) is 6.07 Å². The lowest BCUT2D eigenvalue weighted by Gasteiger charge is -2.06. The Kier molecular flexibility index (Phi) is 4.47. The fraction of sp³-hybridized carbons (Fsp3) is 0.308. The minimum Gasteiger partial charge on any atom is -0.394 e. The van der Waals surface area contributed by atoms with E-state index in [0.717, 1.165) is 10.2 Å². The zero-order chi connectivity index (χ0) is 16.3. The van der Waals surface area contributed by atoms with Gasteiger partial charge in [-0.3, -0.25) is 19.9 Å². The number of nitro groups is 1. The number of nitrogens with zero attached hydrogens (tertiary/aromatic N) is 3. The first kappa shape index (κ1) is 15.6. The number of aromatic nitrogens is 3. The first-order valence-electron chi connectivity index (χ1n) is 6.47. The molecule has 1 aromatic carbocycles. The van der Waals surface area contributed by atoms with E-state index in [2.05, 4.69) is 10.1 Å². The topological polar surface area (TPSA) is 131 Å². The molecule has 0 saturated heterocycles. The SMILES string of the molecule is Cc1ccc(Cc2nn(CCO)c(=O)[nH]c2=O)c([N+](=O)[O-])c1. The standard InChI is InChI=1S/C13H14N4O5/c1-8-2-3-9(11(6-8)17(21)22)7-10-12(19)14-13(20)16(15-10)4-5-18/h2-3,6,18H,4-5,7H2,1H3,(H,14,19,20). The normalized spacial score (nSPS) is 10.6. The van der Waals surface area contributed by atoms with Crippen molar-refractivity contribution in [2.75, 3.05) is 6.61 Å². The molecular formula is C13H14N4O5. The molecule has 2 aromatic rings. The minimum atomic E-state index is -0.735. The van der Waals surface area contributed by atoms with Crippen LogP contribution < -0.4 is 11.2 Å². The van der Waals surface area contributed by atoms with Crippen LogP contribution in [0.3, 0.4) is 0 Å². The van der Waals surface area contributed by atoms with E-state index in [9.17, 15) is 19.7 Å². The lowest BCUT2D eigenvalue weighted by Crippen LogP contribution is -2.35. The van der Waals surface area contributed by atoms with Crippen molar-refractivity contribution in [2.45, 2.75) is 19.9 Å². The van der Waals surface area contributed by atoms with Gasteiger partial charge in [0.05, 0.1) is 18.1 Å². The highest BCUT2D eigenvalue weighted by molar-refractivity contribution is 5.44. The molecule has 0 aliphatic carbocycles. The van der Waals surface area contributed by atoms with Crippen LogP contribution in [0.15, 0.2) is 27.8 Å². The molecule has 0 atom stereocenters. The molecule has 0 saturated carbocycles. The Labute approximate surface area is 124 Å². The summed E-state index contributed by atoms with van der Waals surface area (Å²) in [5.41, 5.74) is -0.526. The number of hydrogen-bond donors (Lipinski definition) is 2. The van der Waals surface area contributed by atoms with Gasteiger partial charge in [0.2, 0.25) is 0 Å². The predicted octanol–water partition coefficient (Wildman–Crippen LogP) is -0.269. The first-order chi connectivity index (χ1) is 10.4. The summed E-state index contributed by atoms with van der Waals surface area (Å²) < 4.78 is 0.913. The molecule has 9 heteroatoms. The summed E-state index contributed by atoms with van der Waals surface area (Å²) in [6.45, 7) is 1.34. The monoisotopic (exact) mass is 306 g/mol. The molecular weight excluding hydrogens is 292 g/mol. The summed E-state index contributed by atoms with van der Waals surface area (Å²) in [6, 6.07) is 4.66. The van der Waals surface area contributed by atoms with Crippen molar-refractivity contribution in [3.8, 4) is 0 Å². The largest absolute Gasteiger partial charge is 0.394 e. The van der Waals surface area contributed by atoms with Crippen molar-refractivity contribution >= 4 is 5.69 Å². The fourth-order valence-electron chi connectivity index (χ4n) is 2.01. The van der Waals surface area contributed by atoms with Crippen LogP contribution in [0.1, 0.15) is 16.8 Å². The van der Waals surface area contributed by atoms with Crippen LogP contribution in [0.5, 0.6) is 0 Å². The van der Waals surface area contributed by atoms with Gasteiger partial charge >= 0.3 is 5.69 Å². The maximum absolute atomic E-state index is 11.8. The van der Waals surface area contributed by atoms with Gasteiger partial charge in [0, 0.05) is 18.1 Å². The van der Waals surface area contributed by atoms with E-state index in [-0.39, 0.29) is 31.0 Å². The molecule has 1 aromatic heterocycles. The Balaban J connectivity index is 2.47. The highest BCUT2D eigenvalue weighted by Crippen LogP contribution is 2.21. The Bertz CT molecular complexity index is 824. The summed E-state index contributed by atoms with van der Waals surface area (Å²) in [5, 5.41) is 23.8. The van der Waals surface area contributed by atoms with E-state index < -0.39 is 16.2 Å². The van der Waals surface area contributed by atoms with Gasteiger partial charge < -0.3 is 5.11 Å². The van der Waals surface area contributed by atoms with Crippen molar-refractivity contribution in [3.63, 3.8) is 0 Å². The van der Waals surface area contributed by atoms with E-state index in [4.69, 9.17) is 5.11 Å². The zero-order valence-electron chi connectivity index (χ0n) is 11.8. The third-order valence-electron chi connectivity index (χ3n) is 3.07. The number of benzene rings is 1. The van der Waals surface area contributed by atoms with Crippen LogP contribution in [0.2, 0.25) is 0 Å². The molecule has 0 unspecified atom stereocenters. The second-order valence-electron chi connectivity index (χ2n) is 4.72. The molecule has 9 nitrogen and oxygen atoms in total. The summed E-state index contributed by atoms with van der Waals surface area (Å²) in [7, 11) is 0. The van der Waals surface area contributed by atoms with Crippen LogP contribution >= 0.6 is 0 Å². The molecule has 1 heterocycles. The third-order valence-corrected chi connectivity index (χ3v) is 3.07. The number of rotatable bonds is 5. The van der Waals surface area contributed by atoms with Crippen molar-refractivity contribution in [2.24, 2.45) is 0 Å². The van der Waals surface area contributed by atoms with Crippen LogP contribution in [-0.2, 0) is 13.0 Å². The molecule has 2 rings (SSSR count). The van der Waals surface area contributed by atoms with E-state index in [1.54, 1.807) is 19.1 Å². The molecule has 0 spiro atoms. The van der Waals surface area contributed by atoms with Gasteiger partial charge in [-0.2, -0.15) is 5.10 Å². The van der Waals surface area contributed by atoms with Crippen LogP contribution in [0.25, 0.3) is 0 Å². The highest BCUT2D eigenvalue weighted by Gasteiger charge is 2.17. The summed E-state index contributed by atoms with van der Waals surface area (Å²) in [5.74, 6) is 0. The van der Waals surface area contributed by atoms with E-state index >= 15 is 0 Å². The van der Waals surface area contributed by atoms with Crippen LogP contribution in [-0.4, -0.2) is 31.4 Å². The van der Waals surface area contributed by atoms with Crippen molar-refractivity contribution in [1.29, 1.82) is 0 Å². The molecule has 0 amide bonds. The molecule has 0 aliphatic heterocycles. The number of nitro benzene ring substituents is 1. The van der Waals surface area contributed by atoms with E-state index in [1.807, 2.05) is 0 Å². The number of hydrogen-bond acceptors (Lipinski definition) is 6. The number of aliphatic hydroxyl groups excluding tert-OH is 1. The van der Waals surface area contributed by atoms with Gasteiger partial charge in [-0.05, 0) is 12.5 Å². The quantitative estimate of drug-likeness (QED) is 0.577. The summed E-state index contributed by atoms with van der Waals surface area (Å²) in [6.07, 6.45) is -0.0857. The Hall–Kier alpha value is -2.81. The molecule has 22 heavy (non-hydrogen) atoms. The van der Waals surface area contributed by atoms with Crippen LogP contribution in [0, 0.1) is 17.0 Å².